The van der Waals surface area contributed by atoms with E-state index in [0.29, 0.717) is 29.6 Å². The van der Waals surface area contributed by atoms with E-state index in [1.54, 1.807) is 36.0 Å². The van der Waals surface area contributed by atoms with Crippen LogP contribution < -0.4 is 10.0 Å². The zero-order valence-electron chi connectivity index (χ0n) is 17.4. The van der Waals surface area contributed by atoms with E-state index in [0.717, 1.165) is 5.56 Å². The van der Waals surface area contributed by atoms with Gasteiger partial charge in [0.15, 0.2) is 0 Å². The van der Waals surface area contributed by atoms with E-state index in [2.05, 4.69) is 20.2 Å². The SMILES string of the molecule is CCS(=O)(=O)NC(CCSC)C(=O)Nc1ccc(-c2noc(C(C)(C)C)n2)cc1. The topological polar surface area (TPSA) is 114 Å². The molecular weight excluding hydrogens is 412 g/mol. The summed E-state index contributed by atoms with van der Waals surface area (Å²) in [7, 11) is -3.49. The Bertz CT molecular complexity index is 918. The van der Waals surface area contributed by atoms with E-state index in [-0.39, 0.29) is 11.2 Å². The number of benzene rings is 1. The number of thioether (sulfide) groups is 1. The van der Waals surface area contributed by atoms with Crippen molar-refractivity contribution in [1.29, 1.82) is 0 Å². The lowest BCUT2D eigenvalue weighted by atomic mass is 9.97. The third-order valence-electron chi connectivity index (χ3n) is 4.11. The molecule has 0 radical (unpaired) electrons. The summed E-state index contributed by atoms with van der Waals surface area (Å²) in [4.78, 5) is 17.0. The summed E-state index contributed by atoms with van der Waals surface area (Å²) < 4.78 is 31.5. The van der Waals surface area contributed by atoms with Crippen molar-refractivity contribution in [1.82, 2.24) is 14.9 Å². The van der Waals surface area contributed by atoms with Crippen LogP contribution >= 0.6 is 11.8 Å². The van der Waals surface area contributed by atoms with Crippen molar-refractivity contribution < 1.29 is 17.7 Å². The fraction of sp³-hybridized carbons (Fsp3) is 0.526. The van der Waals surface area contributed by atoms with Gasteiger partial charge in [-0.3, -0.25) is 4.79 Å². The summed E-state index contributed by atoms with van der Waals surface area (Å²) in [5, 5.41) is 6.77. The highest BCUT2D eigenvalue weighted by molar-refractivity contribution is 7.98. The summed E-state index contributed by atoms with van der Waals surface area (Å²) in [6.45, 7) is 7.50. The smallest absolute Gasteiger partial charge is 0.242 e. The standard InChI is InChI=1S/C19H28N4O4S2/c1-6-29(25,26)23-15(11-12-28-5)17(24)20-14-9-7-13(8-10-14)16-21-18(27-22-16)19(2,3)4/h7-10,15,23H,6,11-12H2,1-5H3,(H,20,24). The Balaban J connectivity index is 2.10. The molecule has 0 spiro atoms. The van der Waals surface area contributed by atoms with Gasteiger partial charge in [0.1, 0.15) is 6.04 Å². The summed E-state index contributed by atoms with van der Waals surface area (Å²) in [6.07, 6.45) is 2.31. The van der Waals surface area contributed by atoms with Gasteiger partial charge in [0.05, 0.1) is 5.75 Å². The average molecular weight is 441 g/mol. The normalized spacial score (nSPS) is 13.3. The molecule has 1 aromatic heterocycles. The Labute approximate surface area is 176 Å². The first-order valence-electron chi connectivity index (χ1n) is 9.30. The van der Waals surface area contributed by atoms with E-state index in [1.165, 1.54) is 6.92 Å². The summed E-state index contributed by atoms with van der Waals surface area (Å²) in [6, 6.07) is 6.18. The molecule has 1 amide bonds. The van der Waals surface area contributed by atoms with Gasteiger partial charge < -0.3 is 9.84 Å². The maximum atomic E-state index is 12.6. The first-order chi connectivity index (χ1) is 13.6. The van der Waals surface area contributed by atoms with E-state index in [1.807, 2.05) is 27.0 Å². The predicted molar refractivity (Wildman–Crippen MR) is 116 cm³/mol. The van der Waals surface area contributed by atoms with E-state index >= 15 is 0 Å². The number of sulfonamides is 1. The molecule has 1 aromatic carbocycles. The number of anilines is 1. The molecule has 0 bridgehead atoms. The Morgan fingerprint density at radius 2 is 1.90 bits per heavy atom. The van der Waals surface area contributed by atoms with Crippen LogP contribution in [-0.2, 0) is 20.2 Å². The number of rotatable bonds is 9. The Kier molecular flexibility index (Phi) is 7.84. The monoisotopic (exact) mass is 440 g/mol. The van der Waals surface area contributed by atoms with Crippen molar-refractivity contribution in [3.05, 3.63) is 30.2 Å². The summed E-state index contributed by atoms with van der Waals surface area (Å²) in [5.41, 5.74) is 1.08. The van der Waals surface area contributed by atoms with Gasteiger partial charge in [-0.05, 0) is 49.6 Å². The van der Waals surface area contributed by atoms with Gasteiger partial charge in [-0.2, -0.15) is 16.7 Å². The fourth-order valence-electron chi connectivity index (χ4n) is 2.36. The molecule has 0 aliphatic heterocycles. The lowest BCUT2D eigenvalue weighted by Crippen LogP contribution is -2.44. The molecule has 0 saturated heterocycles. The number of carbonyl (C=O) groups is 1. The molecule has 1 heterocycles. The second-order valence-electron chi connectivity index (χ2n) is 7.60. The second kappa shape index (κ2) is 9.73. The third-order valence-corrected chi connectivity index (χ3v) is 6.15. The largest absolute Gasteiger partial charge is 0.338 e. The molecule has 29 heavy (non-hydrogen) atoms. The van der Waals surface area contributed by atoms with Gasteiger partial charge in [0, 0.05) is 16.7 Å². The molecule has 0 aliphatic rings. The predicted octanol–water partition coefficient (Wildman–Crippen LogP) is 3.03. The molecule has 2 N–H and O–H groups in total. The van der Waals surface area contributed by atoms with Gasteiger partial charge in [0.25, 0.3) is 0 Å². The second-order valence-corrected chi connectivity index (χ2v) is 10.6. The van der Waals surface area contributed by atoms with Gasteiger partial charge in [0.2, 0.25) is 27.6 Å². The van der Waals surface area contributed by atoms with Crippen LogP contribution in [-0.4, -0.2) is 48.3 Å². The summed E-state index contributed by atoms with van der Waals surface area (Å²) >= 11 is 1.55. The fourth-order valence-corrected chi connectivity index (χ4v) is 3.65. The van der Waals surface area contributed by atoms with Gasteiger partial charge >= 0.3 is 0 Å². The third kappa shape index (κ3) is 6.83. The molecule has 160 valence electrons. The number of hydrogen-bond donors (Lipinski definition) is 2. The lowest BCUT2D eigenvalue weighted by Gasteiger charge is -2.17. The van der Waals surface area contributed by atoms with Crippen molar-refractivity contribution in [3.63, 3.8) is 0 Å². The molecule has 1 atom stereocenters. The Morgan fingerprint density at radius 3 is 2.41 bits per heavy atom. The zero-order valence-corrected chi connectivity index (χ0v) is 19.0. The molecule has 2 aromatic rings. The molecule has 2 rings (SSSR count). The van der Waals surface area contributed by atoms with E-state index < -0.39 is 22.0 Å². The first kappa shape index (κ1) is 23.4. The van der Waals surface area contributed by atoms with Crippen molar-refractivity contribution in [2.75, 3.05) is 23.1 Å². The van der Waals surface area contributed by atoms with Crippen LogP contribution in [0.5, 0.6) is 0 Å². The quantitative estimate of drug-likeness (QED) is 0.616. The minimum atomic E-state index is -3.49. The van der Waals surface area contributed by atoms with Crippen LogP contribution in [0, 0.1) is 0 Å². The van der Waals surface area contributed by atoms with Crippen molar-refractivity contribution >= 4 is 33.4 Å². The maximum Gasteiger partial charge on any atom is 0.242 e. The first-order valence-corrected chi connectivity index (χ1v) is 12.3. The molecule has 0 fully saturated rings. The maximum absolute atomic E-state index is 12.6. The van der Waals surface area contributed by atoms with Crippen LogP contribution in [0.3, 0.4) is 0 Å². The number of amides is 1. The summed E-state index contributed by atoms with van der Waals surface area (Å²) in [5.74, 6) is 1.22. The number of nitrogens with zero attached hydrogens (tertiary/aromatic N) is 2. The molecule has 10 heteroatoms. The highest BCUT2D eigenvalue weighted by Gasteiger charge is 2.24. The molecule has 8 nitrogen and oxygen atoms in total. The average Bonchev–Trinajstić information content (AvgIpc) is 3.16. The lowest BCUT2D eigenvalue weighted by molar-refractivity contribution is -0.117. The Morgan fingerprint density at radius 1 is 1.24 bits per heavy atom. The zero-order chi connectivity index (χ0) is 21.7. The molecule has 1 unspecified atom stereocenters. The number of hydrogen-bond acceptors (Lipinski definition) is 7. The van der Waals surface area contributed by atoms with Crippen LogP contribution in [0.1, 0.15) is 40.0 Å². The minimum Gasteiger partial charge on any atom is -0.338 e. The van der Waals surface area contributed by atoms with E-state index in [9.17, 15) is 13.2 Å². The van der Waals surface area contributed by atoms with Crippen LogP contribution in [0.15, 0.2) is 28.8 Å². The van der Waals surface area contributed by atoms with Crippen molar-refractivity contribution in [2.45, 2.75) is 45.6 Å². The van der Waals surface area contributed by atoms with Crippen molar-refractivity contribution in [2.24, 2.45) is 0 Å². The highest BCUT2D eigenvalue weighted by Crippen LogP contribution is 2.24. The van der Waals surface area contributed by atoms with Gasteiger partial charge in [-0.15, -0.1) is 0 Å². The van der Waals surface area contributed by atoms with Crippen LogP contribution in [0.2, 0.25) is 0 Å². The minimum absolute atomic E-state index is 0.0774. The van der Waals surface area contributed by atoms with Crippen molar-refractivity contribution in [3.8, 4) is 11.4 Å². The number of nitrogens with one attached hydrogen (secondary N) is 2. The molecule has 0 saturated carbocycles. The highest BCUT2D eigenvalue weighted by atomic mass is 32.2. The molecular formula is C19H28N4O4S2. The number of carbonyl (C=O) groups excluding carboxylic acids is 1. The van der Waals surface area contributed by atoms with E-state index in [4.69, 9.17) is 4.52 Å². The van der Waals surface area contributed by atoms with Gasteiger partial charge in [-0.1, -0.05) is 25.9 Å². The number of aromatic nitrogens is 2. The van der Waals surface area contributed by atoms with Gasteiger partial charge in [-0.25, -0.2) is 13.1 Å². The van der Waals surface area contributed by atoms with Crippen LogP contribution in [0.25, 0.3) is 11.4 Å². The molecule has 0 aliphatic carbocycles. The van der Waals surface area contributed by atoms with Crippen LogP contribution in [0.4, 0.5) is 5.69 Å². The Hall–Kier alpha value is -1.91.